The highest BCUT2D eigenvalue weighted by Crippen LogP contribution is 2.41. The van der Waals surface area contributed by atoms with E-state index in [1.807, 2.05) is 0 Å². The quantitative estimate of drug-likeness (QED) is 0.269. The predicted molar refractivity (Wildman–Crippen MR) is 109 cm³/mol. The Kier molecular flexibility index (Phi) is 6.75. The summed E-state index contributed by atoms with van der Waals surface area (Å²) in [7, 11) is 3.28. The van der Waals surface area contributed by atoms with Crippen LogP contribution in [0.1, 0.15) is 19.0 Å². The molecule has 0 radical (unpaired) electrons. The number of aliphatic hydroxyl groups is 3. The Morgan fingerprint density at radius 2 is 1.94 bits per heavy atom. The number of rotatable bonds is 5. The summed E-state index contributed by atoms with van der Waals surface area (Å²) >= 11 is 0. The molecule has 3 heterocycles. The first-order chi connectivity index (χ1) is 15.3. The molecule has 4 rings (SSSR count). The number of likely N-dealkylation sites (N-methyl/N-ethyl adjacent to an activating group) is 2. The average molecular weight is 453 g/mol. The van der Waals surface area contributed by atoms with E-state index in [1.165, 1.54) is 6.20 Å². The zero-order valence-corrected chi connectivity index (χ0v) is 18.2. The first kappa shape index (κ1) is 23.4. The van der Waals surface area contributed by atoms with Crippen molar-refractivity contribution >= 4 is 5.91 Å². The number of fused-ring (bicyclic) bond motifs is 2. The molecule has 0 spiro atoms. The molecule has 1 aromatic rings. The van der Waals surface area contributed by atoms with E-state index < -0.39 is 54.6 Å². The molecule has 3 unspecified atom stereocenters. The van der Waals surface area contributed by atoms with E-state index >= 15 is 0 Å². The van der Waals surface area contributed by atoms with Gasteiger partial charge in [-0.1, -0.05) is 0 Å². The van der Waals surface area contributed by atoms with Crippen molar-refractivity contribution in [2.24, 2.45) is 0 Å². The lowest BCUT2D eigenvalue weighted by Crippen LogP contribution is -2.79. The number of amides is 1. The van der Waals surface area contributed by atoms with Crippen LogP contribution in [0.15, 0.2) is 18.3 Å². The Morgan fingerprint density at radius 1 is 1.19 bits per heavy atom. The molecule has 1 aliphatic carbocycles. The lowest BCUT2D eigenvalue weighted by molar-refractivity contribution is -0.449. The van der Waals surface area contributed by atoms with E-state index in [4.69, 9.17) is 14.2 Å². The van der Waals surface area contributed by atoms with E-state index in [0.29, 0.717) is 5.69 Å². The van der Waals surface area contributed by atoms with E-state index in [1.54, 1.807) is 33.2 Å². The highest BCUT2D eigenvalue weighted by molar-refractivity contribution is 5.78. The summed E-state index contributed by atoms with van der Waals surface area (Å²) in [6, 6.07) is 1.19. The van der Waals surface area contributed by atoms with Crippen LogP contribution in [0.4, 0.5) is 0 Å². The summed E-state index contributed by atoms with van der Waals surface area (Å²) in [4.78, 5) is 12.7. The van der Waals surface area contributed by atoms with Crippen LogP contribution in [0.5, 0.6) is 0 Å². The molecule has 2 aliphatic heterocycles. The van der Waals surface area contributed by atoms with Gasteiger partial charge in [0.25, 0.3) is 0 Å². The largest absolute Gasteiger partial charge is 0.390 e. The van der Waals surface area contributed by atoms with Gasteiger partial charge in [-0.25, -0.2) is 0 Å². The van der Waals surface area contributed by atoms with Crippen LogP contribution in [0.25, 0.3) is 0 Å². The van der Waals surface area contributed by atoms with E-state index in [2.05, 4.69) is 26.1 Å². The maximum Gasteiger partial charge on any atom is 0.239 e. The second-order valence-electron chi connectivity index (χ2n) is 8.57. The number of hydrogen-bond donors (Lipinski definition) is 6. The molecule has 3 fully saturated rings. The Bertz CT molecular complexity index is 804. The maximum absolute atomic E-state index is 12.7. The normalized spacial score (nSPS) is 43.8. The van der Waals surface area contributed by atoms with Gasteiger partial charge in [-0.05, 0) is 39.6 Å². The number of nitrogens with one attached hydrogen (secondary N) is 3. The predicted octanol–water partition coefficient (Wildman–Crippen LogP) is -2.98. The molecule has 1 aromatic heterocycles. The second kappa shape index (κ2) is 9.23. The summed E-state index contributed by atoms with van der Waals surface area (Å²) in [5, 5.41) is 49.4. The molecule has 6 N–H and O–H groups in total. The van der Waals surface area contributed by atoms with Crippen LogP contribution in [0.2, 0.25) is 0 Å². The fraction of sp³-hybridized carbons (Fsp3) is 0.750. The third-order valence-corrected chi connectivity index (χ3v) is 6.46. The summed E-state index contributed by atoms with van der Waals surface area (Å²) in [5.41, 5.74) is 0.487. The van der Waals surface area contributed by atoms with E-state index in [0.717, 1.165) is 0 Å². The fourth-order valence-corrected chi connectivity index (χ4v) is 4.85. The SMILES string of the molecule is CN[C@@H]1[C@H](O)[C@H](NC)C2O[C@]3(O)C(OC2[C@H]1O)O[C@H](C)C[C@H]3NC(=O)Cc1cccnn1. The van der Waals surface area contributed by atoms with Crippen LogP contribution in [-0.2, 0) is 25.4 Å². The summed E-state index contributed by atoms with van der Waals surface area (Å²) in [6.07, 6.45) is -3.72. The van der Waals surface area contributed by atoms with Gasteiger partial charge in [-0.15, -0.1) is 0 Å². The molecule has 0 aromatic carbocycles. The molecule has 1 saturated carbocycles. The van der Waals surface area contributed by atoms with Crippen molar-refractivity contribution < 1.29 is 34.3 Å². The molecular formula is C20H31N5O7. The highest BCUT2D eigenvalue weighted by atomic mass is 16.8. The number of hydrogen-bond acceptors (Lipinski definition) is 11. The third-order valence-electron chi connectivity index (χ3n) is 6.46. The van der Waals surface area contributed by atoms with Gasteiger partial charge in [0.2, 0.25) is 18.0 Å². The third kappa shape index (κ3) is 4.13. The monoisotopic (exact) mass is 453 g/mol. The van der Waals surface area contributed by atoms with Gasteiger partial charge in [0.1, 0.15) is 18.3 Å². The van der Waals surface area contributed by atoms with Crippen LogP contribution in [0.3, 0.4) is 0 Å². The Labute approximate surface area is 185 Å². The van der Waals surface area contributed by atoms with Crippen molar-refractivity contribution in [3.05, 3.63) is 24.0 Å². The lowest BCUT2D eigenvalue weighted by atomic mass is 9.79. The van der Waals surface area contributed by atoms with Gasteiger partial charge in [-0.3, -0.25) is 4.79 Å². The first-order valence-corrected chi connectivity index (χ1v) is 10.8. The molecule has 12 nitrogen and oxygen atoms in total. The van der Waals surface area contributed by atoms with Crippen LogP contribution in [0, 0.1) is 0 Å². The zero-order chi connectivity index (χ0) is 23.0. The summed E-state index contributed by atoms with van der Waals surface area (Å²) in [5.74, 6) is -2.39. The van der Waals surface area contributed by atoms with Crippen molar-refractivity contribution in [3.63, 3.8) is 0 Å². The summed E-state index contributed by atoms with van der Waals surface area (Å²) in [6.45, 7) is 1.80. The molecule has 178 valence electrons. The maximum atomic E-state index is 12.7. The molecule has 32 heavy (non-hydrogen) atoms. The number of ether oxygens (including phenoxy) is 3. The van der Waals surface area contributed by atoms with Crippen molar-refractivity contribution in [1.29, 1.82) is 0 Å². The van der Waals surface area contributed by atoms with Gasteiger partial charge < -0.3 is 45.5 Å². The van der Waals surface area contributed by atoms with E-state index in [9.17, 15) is 20.1 Å². The topological polar surface area (TPSA) is 167 Å². The summed E-state index contributed by atoms with van der Waals surface area (Å²) < 4.78 is 17.9. The van der Waals surface area contributed by atoms with E-state index in [-0.39, 0.29) is 24.9 Å². The van der Waals surface area contributed by atoms with Crippen molar-refractivity contribution in [2.75, 3.05) is 14.1 Å². The minimum absolute atomic E-state index is 0.0202. The van der Waals surface area contributed by atoms with Crippen molar-refractivity contribution in [1.82, 2.24) is 26.1 Å². The van der Waals surface area contributed by atoms with Gasteiger partial charge >= 0.3 is 0 Å². The van der Waals surface area contributed by atoms with Gasteiger partial charge in [0.05, 0.1) is 42.4 Å². The Hall–Kier alpha value is -1.77. The molecule has 3 aliphatic rings. The number of carbonyl (C=O) groups excluding carboxylic acids is 1. The average Bonchev–Trinajstić information content (AvgIpc) is 2.75. The molecule has 1 amide bonds. The van der Waals surface area contributed by atoms with Gasteiger partial charge in [0.15, 0.2) is 0 Å². The fourth-order valence-electron chi connectivity index (χ4n) is 4.85. The molecular weight excluding hydrogens is 422 g/mol. The number of nitrogens with zero attached hydrogens (tertiary/aromatic N) is 2. The minimum Gasteiger partial charge on any atom is -0.390 e. The number of carbonyl (C=O) groups is 1. The minimum atomic E-state index is -2.02. The van der Waals surface area contributed by atoms with Crippen LogP contribution >= 0.6 is 0 Å². The Balaban J connectivity index is 1.56. The van der Waals surface area contributed by atoms with Crippen LogP contribution in [-0.4, -0.2) is 106 Å². The zero-order valence-electron chi connectivity index (χ0n) is 18.2. The molecule has 2 saturated heterocycles. The Morgan fingerprint density at radius 3 is 2.59 bits per heavy atom. The first-order valence-electron chi connectivity index (χ1n) is 10.8. The standard InChI is InChI=1S/C20H31N5O7/c1-9-7-11(24-12(26)8-10-5-4-6-23-25-10)20(29)19(30-9)31-18-16(28)13(21-2)15(27)14(22-3)17(18)32-20/h4-6,9,11,13-19,21-22,27-29H,7-8H2,1-3H3,(H,24,26)/t9-,11-,13-,14+,15+,16+,17?,18?,19?,20+/m1/s1. The smallest absolute Gasteiger partial charge is 0.239 e. The van der Waals surface area contributed by atoms with Crippen molar-refractivity contribution in [3.8, 4) is 0 Å². The number of aliphatic hydroxyl groups excluding tert-OH is 2. The molecule has 10 atom stereocenters. The molecule has 0 bridgehead atoms. The highest BCUT2D eigenvalue weighted by Gasteiger charge is 2.63. The number of aromatic nitrogens is 2. The lowest BCUT2D eigenvalue weighted by Gasteiger charge is -2.58. The second-order valence-corrected chi connectivity index (χ2v) is 8.57. The van der Waals surface area contributed by atoms with Gasteiger partial charge in [0, 0.05) is 6.20 Å². The molecule has 12 heteroatoms. The van der Waals surface area contributed by atoms with Crippen LogP contribution < -0.4 is 16.0 Å². The van der Waals surface area contributed by atoms with Crippen molar-refractivity contribution in [2.45, 2.75) is 80.5 Å². The van der Waals surface area contributed by atoms with Gasteiger partial charge in [-0.2, -0.15) is 10.2 Å².